The first-order valence-corrected chi connectivity index (χ1v) is 7.42. The zero-order valence-corrected chi connectivity index (χ0v) is 12.8. The van der Waals surface area contributed by atoms with Gasteiger partial charge in [-0.3, -0.25) is 4.90 Å². The zero-order chi connectivity index (χ0) is 14.8. The third-order valence-corrected chi connectivity index (χ3v) is 3.83. The highest BCUT2D eigenvalue weighted by Crippen LogP contribution is 2.20. The molecule has 0 aromatic heterocycles. The van der Waals surface area contributed by atoms with E-state index in [1.807, 2.05) is 20.8 Å². The summed E-state index contributed by atoms with van der Waals surface area (Å²) in [6.45, 7) is 10.00. The van der Waals surface area contributed by atoms with E-state index in [4.69, 9.17) is 15.2 Å². The summed E-state index contributed by atoms with van der Waals surface area (Å²) in [6.07, 6.45) is 0.821. The molecule has 2 fully saturated rings. The maximum absolute atomic E-state index is 12.1. The number of piperazine rings is 1. The SMILES string of the molecule is CC(C)(C)OC(=O)N1CCN(C2CCOC2)C(CN)C1. The molecule has 0 saturated carbocycles. The Hall–Kier alpha value is -0.850. The molecule has 1 amide bonds. The van der Waals surface area contributed by atoms with E-state index < -0.39 is 5.60 Å². The third-order valence-electron chi connectivity index (χ3n) is 3.83. The molecule has 6 heteroatoms. The van der Waals surface area contributed by atoms with Gasteiger partial charge in [0.15, 0.2) is 0 Å². The van der Waals surface area contributed by atoms with E-state index in [1.54, 1.807) is 4.90 Å². The summed E-state index contributed by atoms with van der Waals surface area (Å²) in [7, 11) is 0. The first kappa shape index (κ1) is 15.5. The van der Waals surface area contributed by atoms with Gasteiger partial charge in [0.05, 0.1) is 6.61 Å². The zero-order valence-electron chi connectivity index (χ0n) is 12.8. The Morgan fingerprint density at radius 3 is 2.70 bits per heavy atom. The van der Waals surface area contributed by atoms with Crippen LogP contribution in [-0.2, 0) is 9.47 Å². The lowest BCUT2D eigenvalue weighted by Gasteiger charge is -2.43. The van der Waals surface area contributed by atoms with Crippen molar-refractivity contribution in [1.82, 2.24) is 9.80 Å². The number of carbonyl (C=O) groups is 1. The van der Waals surface area contributed by atoms with Gasteiger partial charge in [0.1, 0.15) is 5.60 Å². The quantitative estimate of drug-likeness (QED) is 0.807. The van der Waals surface area contributed by atoms with E-state index in [2.05, 4.69) is 4.90 Å². The summed E-state index contributed by atoms with van der Waals surface area (Å²) in [5, 5.41) is 0. The number of carbonyl (C=O) groups excluding carboxylic acids is 1. The number of hydrogen-bond donors (Lipinski definition) is 1. The lowest BCUT2D eigenvalue weighted by molar-refractivity contribution is -0.00426. The molecule has 0 aromatic carbocycles. The van der Waals surface area contributed by atoms with Crippen LogP contribution in [0.1, 0.15) is 27.2 Å². The Morgan fingerprint density at radius 2 is 2.15 bits per heavy atom. The van der Waals surface area contributed by atoms with Crippen molar-refractivity contribution >= 4 is 6.09 Å². The van der Waals surface area contributed by atoms with Crippen LogP contribution in [0.5, 0.6) is 0 Å². The lowest BCUT2D eigenvalue weighted by Crippen LogP contribution is -2.60. The highest BCUT2D eigenvalue weighted by molar-refractivity contribution is 5.68. The molecule has 2 N–H and O–H groups in total. The number of rotatable bonds is 2. The highest BCUT2D eigenvalue weighted by Gasteiger charge is 2.35. The van der Waals surface area contributed by atoms with Crippen molar-refractivity contribution in [1.29, 1.82) is 0 Å². The molecule has 0 aromatic rings. The van der Waals surface area contributed by atoms with Crippen LogP contribution >= 0.6 is 0 Å². The van der Waals surface area contributed by atoms with Gasteiger partial charge < -0.3 is 20.1 Å². The molecule has 2 atom stereocenters. The maximum atomic E-state index is 12.1. The van der Waals surface area contributed by atoms with Crippen LogP contribution in [0.2, 0.25) is 0 Å². The fourth-order valence-corrected chi connectivity index (χ4v) is 2.84. The predicted molar refractivity (Wildman–Crippen MR) is 76.6 cm³/mol. The first-order chi connectivity index (χ1) is 9.40. The van der Waals surface area contributed by atoms with E-state index in [0.717, 1.165) is 26.2 Å². The highest BCUT2D eigenvalue weighted by atomic mass is 16.6. The molecular weight excluding hydrogens is 258 g/mol. The number of amides is 1. The van der Waals surface area contributed by atoms with Crippen LogP contribution in [0.15, 0.2) is 0 Å². The van der Waals surface area contributed by atoms with Crippen LogP contribution in [0.25, 0.3) is 0 Å². The van der Waals surface area contributed by atoms with Gasteiger partial charge in [-0.25, -0.2) is 4.79 Å². The van der Waals surface area contributed by atoms with Gasteiger partial charge in [-0.2, -0.15) is 0 Å². The van der Waals surface area contributed by atoms with Gasteiger partial charge in [-0.15, -0.1) is 0 Å². The van der Waals surface area contributed by atoms with Gasteiger partial charge in [0, 0.05) is 44.9 Å². The van der Waals surface area contributed by atoms with Crippen molar-refractivity contribution in [2.75, 3.05) is 39.4 Å². The second kappa shape index (κ2) is 6.28. The monoisotopic (exact) mass is 285 g/mol. The molecule has 2 saturated heterocycles. The third kappa shape index (κ3) is 3.84. The molecule has 2 aliphatic rings. The average molecular weight is 285 g/mol. The van der Waals surface area contributed by atoms with Gasteiger partial charge in [0.2, 0.25) is 0 Å². The standard InChI is InChI=1S/C14H27N3O3/c1-14(2,3)20-13(18)16-5-6-17(12(8-15)9-16)11-4-7-19-10-11/h11-12H,4-10,15H2,1-3H3. The van der Waals surface area contributed by atoms with Crippen LogP contribution in [0.4, 0.5) is 4.79 Å². The Bertz CT molecular complexity index is 337. The van der Waals surface area contributed by atoms with E-state index in [9.17, 15) is 4.79 Å². The van der Waals surface area contributed by atoms with Crippen molar-refractivity contribution in [3.8, 4) is 0 Å². The lowest BCUT2D eigenvalue weighted by atomic mass is 10.1. The van der Waals surface area contributed by atoms with Gasteiger partial charge >= 0.3 is 6.09 Å². The van der Waals surface area contributed by atoms with E-state index in [1.165, 1.54) is 0 Å². The molecule has 6 nitrogen and oxygen atoms in total. The van der Waals surface area contributed by atoms with Crippen LogP contribution in [0.3, 0.4) is 0 Å². The average Bonchev–Trinajstić information content (AvgIpc) is 2.89. The molecule has 2 unspecified atom stereocenters. The van der Waals surface area contributed by atoms with Gasteiger partial charge in [0.25, 0.3) is 0 Å². The molecule has 2 aliphatic heterocycles. The minimum atomic E-state index is -0.453. The number of ether oxygens (including phenoxy) is 2. The Morgan fingerprint density at radius 1 is 1.40 bits per heavy atom. The van der Waals surface area contributed by atoms with Crippen molar-refractivity contribution in [2.45, 2.75) is 44.9 Å². The number of hydrogen-bond acceptors (Lipinski definition) is 5. The predicted octanol–water partition coefficient (Wildman–Crippen LogP) is 0.655. The second-order valence-electron chi connectivity index (χ2n) is 6.57. The number of nitrogens with zero attached hydrogens (tertiary/aromatic N) is 2. The normalized spacial score (nSPS) is 28.7. The molecule has 0 aliphatic carbocycles. The van der Waals surface area contributed by atoms with Crippen molar-refractivity contribution < 1.29 is 14.3 Å². The van der Waals surface area contributed by atoms with E-state index in [0.29, 0.717) is 25.7 Å². The number of nitrogens with two attached hydrogens (primary N) is 1. The summed E-state index contributed by atoms with van der Waals surface area (Å²) >= 11 is 0. The molecular formula is C14H27N3O3. The van der Waals surface area contributed by atoms with Crippen molar-refractivity contribution in [3.05, 3.63) is 0 Å². The van der Waals surface area contributed by atoms with Gasteiger partial charge in [-0.1, -0.05) is 0 Å². The Kier molecular flexibility index (Phi) is 4.88. The largest absolute Gasteiger partial charge is 0.444 e. The summed E-state index contributed by atoms with van der Waals surface area (Å²) in [4.78, 5) is 16.3. The molecule has 20 heavy (non-hydrogen) atoms. The topological polar surface area (TPSA) is 68.0 Å². The molecule has 0 radical (unpaired) electrons. The smallest absolute Gasteiger partial charge is 0.410 e. The summed E-state index contributed by atoms with van der Waals surface area (Å²) < 4.78 is 10.9. The Labute approximate surface area is 121 Å². The van der Waals surface area contributed by atoms with Crippen molar-refractivity contribution in [3.63, 3.8) is 0 Å². The van der Waals surface area contributed by atoms with Gasteiger partial charge in [-0.05, 0) is 27.2 Å². The van der Waals surface area contributed by atoms with Crippen LogP contribution in [0, 0.1) is 0 Å². The van der Waals surface area contributed by atoms with Crippen molar-refractivity contribution in [2.24, 2.45) is 5.73 Å². The molecule has 0 bridgehead atoms. The van der Waals surface area contributed by atoms with E-state index >= 15 is 0 Å². The molecule has 2 heterocycles. The minimum absolute atomic E-state index is 0.197. The summed E-state index contributed by atoms with van der Waals surface area (Å²) in [6, 6.07) is 0.646. The Balaban J connectivity index is 1.92. The van der Waals surface area contributed by atoms with E-state index in [-0.39, 0.29) is 12.1 Å². The fraction of sp³-hybridized carbons (Fsp3) is 0.929. The molecule has 2 rings (SSSR count). The van der Waals surface area contributed by atoms with Crippen LogP contribution < -0.4 is 5.73 Å². The van der Waals surface area contributed by atoms with Crippen LogP contribution in [-0.4, -0.2) is 73.0 Å². The maximum Gasteiger partial charge on any atom is 0.410 e. The first-order valence-electron chi connectivity index (χ1n) is 7.42. The molecule has 116 valence electrons. The summed E-state index contributed by atoms with van der Waals surface area (Å²) in [5.41, 5.74) is 5.44. The second-order valence-corrected chi connectivity index (χ2v) is 6.57. The molecule has 0 spiro atoms. The fourth-order valence-electron chi connectivity index (χ4n) is 2.84. The summed E-state index contributed by atoms with van der Waals surface area (Å²) in [5.74, 6) is 0. The minimum Gasteiger partial charge on any atom is -0.444 e.